The van der Waals surface area contributed by atoms with E-state index in [0.29, 0.717) is 0 Å². The first-order valence-corrected chi connectivity index (χ1v) is 12.4. The summed E-state index contributed by atoms with van der Waals surface area (Å²) >= 11 is 0. The molecular weight excluding hydrogens is 406 g/mol. The predicted molar refractivity (Wildman–Crippen MR) is 142 cm³/mol. The average molecular weight is 450 g/mol. The summed E-state index contributed by atoms with van der Waals surface area (Å²) in [4.78, 5) is 4.78. The van der Waals surface area contributed by atoms with Crippen LogP contribution in [0.4, 0.5) is 0 Å². The summed E-state index contributed by atoms with van der Waals surface area (Å²) in [5, 5.41) is 0. The molecule has 2 aromatic carbocycles. The van der Waals surface area contributed by atoms with Crippen LogP contribution in [0, 0.1) is 11.8 Å². The van der Waals surface area contributed by atoms with Crippen molar-refractivity contribution < 1.29 is 9.47 Å². The highest BCUT2D eigenvalue weighted by molar-refractivity contribution is 5.82. The number of hydrogen-bond acceptors (Lipinski definition) is 3. The SMILES string of the molecule is C=C(Cc1cccc(OC)c1)N=C(C)CCCC(CCc1ccc(OC)cc1)CC(C)CC. The molecule has 0 heterocycles. The summed E-state index contributed by atoms with van der Waals surface area (Å²) in [7, 11) is 3.42. The van der Waals surface area contributed by atoms with E-state index in [0.717, 1.165) is 48.3 Å². The van der Waals surface area contributed by atoms with Crippen LogP contribution >= 0.6 is 0 Å². The Morgan fingerprint density at radius 1 is 0.970 bits per heavy atom. The van der Waals surface area contributed by atoms with Gasteiger partial charge in [0, 0.05) is 17.8 Å². The van der Waals surface area contributed by atoms with Gasteiger partial charge < -0.3 is 9.47 Å². The van der Waals surface area contributed by atoms with Gasteiger partial charge in [-0.15, -0.1) is 0 Å². The lowest BCUT2D eigenvalue weighted by atomic mass is 9.86. The second kappa shape index (κ2) is 14.6. The molecule has 2 rings (SSSR count). The molecule has 3 heteroatoms. The maximum Gasteiger partial charge on any atom is 0.119 e. The first kappa shape index (κ1) is 26.7. The normalized spacial score (nSPS) is 13.4. The lowest BCUT2D eigenvalue weighted by Crippen LogP contribution is -2.09. The van der Waals surface area contributed by atoms with Gasteiger partial charge in [-0.1, -0.05) is 57.5 Å². The molecule has 0 spiro atoms. The van der Waals surface area contributed by atoms with Gasteiger partial charge in [0.05, 0.1) is 14.2 Å². The molecule has 0 amide bonds. The van der Waals surface area contributed by atoms with E-state index < -0.39 is 0 Å². The molecule has 0 bridgehead atoms. The largest absolute Gasteiger partial charge is 0.497 e. The van der Waals surface area contributed by atoms with Crippen molar-refractivity contribution in [1.29, 1.82) is 0 Å². The second-order valence-electron chi connectivity index (χ2n) is 9.34. The van der Waals surface area contributed by atoms with Crippen molar-refractivity contribution >= 4 is 5.71 Å². The number of methoxy groups -OCH3 is 2. The smallest absolute Gasteiger partial charge is 0.119 e. The second-order valence-corrected chi connectivity index (χ2v) is 9.34. The Kier molecular flexibility index (Phi) is 11.8. The van der Waals surface area contributed by atoms with Crippen molar-refractivity contribution in [3.63, 3.8) is 0 Å². The van der Waals surface area contributed by atoms with Crippen molar-refractivity contribution in [3.8, 4) is 11.5 Å². The van der Waals surface area contributed by atoms with Gasteiger partial charge in [0.2, 0.25) is 0 Å². The van der Waals surface area contributed by atoms with Gasteiger partial charge in [0.15, 0.2) is 0 Å². The molecule has 2 aromatic rings. The van der Waals surface area contributed by atoms with E-state index in [1.165, 1.54) is 48.9 Å². The number of benzene rings is 2. The summed E-state index contributed by atoms with van der Waals surface area (Å²) in [6.07, 6.45) is 9.19. The molecule has 0 saturated heterocycles. The van der Waals surface area contributed by atoms with E-state index in [-0.39, 0.29) is 0 Å². The molecule has 0 aliphatic carbocycles. The maximum absolute atomic E-state index is 5.32. The van der Waals surface area contributed by atoms with Crippen LogP contribution in [-0.4, -0.2) is 19.9 Å². The molecule has 2 unspecified atom stereocenters. The lowest BCUT2D eigenvalue weighted by molar-refractivity contribution is 0.339. The van der Waals surface area contributed by atoms with Crippen LogP contribution in [0.2, 0.25) is 0 Å². The van der Waals surface area contributed by atoms with Gasteiger partial charge in [-0.05, 0) is 86.3 Å². The highest BCUT2D eigenvalue weighted by Crippen LogP contribution is 2.26. The zero-order valence-electron chi connectivity index (χ0n) is 21.4. The third-order valence-electron chi connectivity index (χ3n) is 6.48. The topological polar surface area (TPSA) is 30.8 Å². The van der Waals surface area contributed by atoms with Crippen molar-refractivity contribution in [2.45, 2.75) is 72.1 Å². The Labute approximate surface area is 201 Å². The number of aliphatic imine (C=N–C) groups is 1. The van der Waals surface area contributed by atoms with Crippen LogP contribution in [0.3, 0.4) is 0 Å². The molecule has 2 atom stereocenters. The van der Waals surface area contributed by atoms with Crippen molar-refractivity contribution in [1.82, 2.24) is 0 Å². The number of rotatable bonds is 15. The van der Waals surface area contributed by atoms with Crippen molar-refractivity contribution in [2.24, 2.45) is 16.8 Å². The van der Waals surface area contributed by atoms with Gasteiger partial charge in [-0.2, -0.15) is 0 Å². The fourth-order valence-corrected chi connectivity index (χ4v) is 4.31. The molecule has 0 fully saturated rings. The molecule has 0 aromatic heterocycles. The number of hydrogen-bond donors (Lipinski definition) is 0. The van der Waals surface area contributed by atoms with Crippen molar-refractivity contribution in [2.75, 3.05) is 14.2 Å². The average Bonchev–Trinajstić information content (AvgIpc) is 2.82. The molecular formula is C30H43NO2. The zero-order valence-corrected chi connectivity index (χ0v) is 21.4. The third-order valence-corrected chi connectivity index (χ3v) is 6.48. The summed E-state index contributed by atoms with van der Waals surface area (Å²) < 4.78 is 10.6. The fraction of sp³-hybridized carbons (Fsp3) is 0.500. The Bertz CT molecular complexity index is 869. The Hall–Kier alpha value is -2.55. The number of aryl methyl sites for hydroxylation is 1. The van der Waals surface area contributed by atoms with Gasteiger partial charge in [0.25, 0.3) is 0 Å². The minimum absolute atomic E-state index is 0.757. The standard InChI is InChI=1S/C30H43NO2/c1-7-23(2)20-27(15-14-26-16-18-29(32-5)19-17-26)11-8-10-24(3)31-25(4)21-28-12-9-13-30(22-28)33-6/h9,12-13,16-19,22-23,27H,4,7-8,10-11,14-15,20-21H2,1-3,5-6H3. The van der Waals surface area contributed by atoms with Gasteiger partial charge in [-0.25, -0.2) is 0 Å². The summed E-state index contributed by atoms with van der Waals surface area (Å²) in [6, 6.07) is 16.7. The molecule has 0 aliphatic rings. The summed E-state index contributed by atoms with van der Waals surface area (Å²) in [5.74, 6) is 3.35. The van der Waals surface area contributed by atoms with Crippen LogP contribution in [0.1, 0.15) is 70.4 Å². The van der Waals surface area contributed by atoms with E-state index in [2.05, 4.69) is 63.7 Å². The Balaban J connectivity index is 1.83. The minimum Gasteiger partial charge on any atom is -0.497 e. The van der Waals surface area contributed by atoms with Crippen LogP contribution in [0.5, 0.6) is 11.5 Å². The van der Waals surface area contributed by atoms with Crippen LogP contribution in [-0.2, 0) is 12.8 Å². The van der Waals surface area contributed by atoms with Crippen LogP contribution in [0.15, 0.2) is 65.8 Å². The molecule has 3 nitrogen and oxygen atoms in total. The quantitative estimate of drug-likeness (QED) is 0.257. The molecule has 0 aliphatic heterocycles. The third kappa shape index (κ3) is 10.3. The van der Waals surface area contributed by atoms with E-state index >= 15 is 0 Å². The Morgan fingerprint density at radius 3 is 2.36 bits per heavy atom. The number of nitrogens with zero attached hydrogens (tertiary/aromatic N) is 1. The first-order valence-electron chi connectivity index (χ1n) is 12.4. The maximum atomic E-state index is 5.32. The van der Waals surface area contributed by atoms with Gasteiger partial charge >= 0.3 is 0 Å². The predicted octanol–water partition coefficient (Wildman–Crippen LogP) is 8.08. The van der Waals surface area contributed by atoms with Crippen LogP contribution in [0.25, 0.3) is 0 Å². The highest BCUT2D eigenvalue weighted by atomic mass is 16.5. The molecule has 33 heavy (non-hydrogen) atoms. The fourth-order valence-electron chi connectivity index (χ4n) is 4.31. The Morgan fingerprint density at radius 2 is 1.70 bits per heavy atom. The first-order chi connectivity index (χ1) is 15.9. The molecule has 0 saturated carbocycles. The number of allylic oxidation sites excluding steroid dienone is 1. The zero-order chi connectivity index (χ0) is 24.1. The molecule has 0 N–H and O–H groups in total. The minimum atomic E-state index is 0.757. The summed E-state index contributed by atoms with van der Waals surface area (Å²) in [6.45, 7) is 11.0. The van der Waals surface area contributed by atoms with Crippen molar-refractivity contribution in [3.05, 3.63) is 71.9 Å². The van der Waals surface area contributed by atoms with E-state index in [4.69, 9.17) is 14.5 Å². The van der Waals surface area contributed by atoms with E-state index in [1.807, 2.05) is 12.1 Å². The molecule has 0 radical (unpaired) electrons. The highest BCUT2D eigenvalue weighted by Gasteiger charge is 2.13. The molecule has 180 valence electrons. The number of ether oxygens (including phenoxy) is 2. The van der Waals surface area contributed by atoms with E-state index in [1.54, 1.807) is 14.2 Å². The van der Waals surface area contributed by atoms with Gasteiger partial charge in [0.1, 0.15) is 11.5 Å². The summed E-state index contributed by atoms with van der Waals surface area (Å²) in [5.41, 5.74) is 4.68. The monoisotopic (exact) mass is 449 g/mol. The van der Waals surface area contributed by atoms with E-state index in [9.17, 15) is 0 Å². The lowest BCUT2D eigenvalue weighted by Gasteiger charge is -2.20. The van der Waals surface area contributed by atoms with Crippen LogP contribution < -0.4 is 9.47 Å². The van der Waals surface area contributed by atoms with Gasteiger partial charge in [-0.3, -0.25) is 4.99 Å².